The summed E-state index contributed by atoms with van der Waals surface area (Å²) < 4.78 is 0. The van der Waals surface area contributed by atoms with Gasteiger partial charge in [0.15, 0.2) is 0 Å². The van der Waals surface area contributed by atoms with Crippen LogP contribution in [0.5, 0.6) is 0 Å². The number of carbonyl (C=O) groups excluding carboxylic acids is 1. The number of carbonyl (C=O) groups is 1. The molecule has 0 aliphatic carbocycles. The Labute approximate surface area is 202 Å². The standard InChI is InChI=1S/C29H31ClN2O/c1-22-10-12-27-26(18-22)29(21-32(27)28(33)13-11-23-6-3-2-4-7-23)14-16-31(17-15-29)20-24-8-5-9-25(30)19-24/h2-10,12,18-19H,11,13-17,20-21H2,1H3. The van der Waals surface area contributed by atoms with Gasteiger partial charge in [-0.25, -0.2) is 0 Å². The van der Waals surface area contributed by atoms with Crippen LogP contribution in [0.1, 0.15) is 41.5 Å². The van der Waals surface area contributed by atoms with Gasteiger partial charge in [-0.05, 0) is 74.2 Å². The number of hydrogen-bond donors (Lipinski definition) is 0. The number of amides is 1. The van der Waals surface area contributed by atoms with Crippen molar-refractivity contribution < 1.29 is 4.79 Å². The van der Waals surface area contributed by atoms with Crippen LogP contribution in [0, 0.1) is 6.92 Å². The fourth-order valence-electron chi connectivity index (χ4n) is 5.50. The van der Waals surface area contributed by atoms with Crippen LogP contribution in [0.25, 0.3) is 0 Å². The number of anilines is 1. The lowest BCUT2D eigenvalue weighted by Gasteiger charge is -2.40. The van der Waals surface area contributed by atoms with Crippen molar-refractivity contribution in [1.29, 1.82) is 0 Å². The predicted octanol–water partition coefficient (Wildman–Crippen LogP) is 6.16. The molecule has 4 heteroatoms. The Kier molecular flexibility index (Phi) is 6.27. The van der Waals surface area contributed by atoms with Crippen LogP contribution < -0.4 is 4.90 Å². The second kappa shape index (κ2) is 9.32. The number of hydrogen-bond acceptors (Lipinski definition) is 2. The molecule has 2 heterocycles. The van der Waals surface area contributed by atoms with Crippen LogP contribution in [0.15, 0.2) is 72.8 Å². The summed E-state index contributed by atoms with van der Waals surface area (Å²) in [5, 5.41) is 0.797. The lowest BCUT2D eigenvalue weighted by atomic mass is 9.74. The monoisotopic (exact) mass is 458 g/mol. The van der Waals surface area contributed by atoms with Gasteiger partial charge in [0.05, 0.1) is 0 Å². The van der Waals surface area contributed by atoms with Crippen LogP contribution >= 0.6 is 11.6 Å². The third-order valence-corrected chi connectivity index (χ3v) is 7.59. The highest BCUT2D eigenvalue weighted by atomic mass is 35.5. The number of benzene rings is 3. The number of fused-ring (bicyclic) bond motifs is 2. The highest BCUT2D eigenvalue weighted by molar-refractivity contribution is 6.30. The molecule has 0 atom stereocenters. The van der Waals surface area contributed by atoms with Gasteiger partial charge in [-0.15, -0.1) is 0 Å². The quantitative estimate of drug-likeness (QED) is 0.457. The van der Waals surface area contributed by atoms with Gasteiger partial charge in [-0.3, -0.25) is 9.69 Å². The molecule has 0 radical (unpaired) electrons. The van der Waals surface area contributed by atoms with Gasteiger partial charge >= 0.3 is 0 Å². The number of likely N-dealkylation sites (tertiary alicyclic amines) is 1. The Hall–Kier alpha value is -2.62. The zero-order valence-electron chi connectivity index (χ0n) is 19.3. The Morgan fingerprint density at radius 1 is 0.939 bits per heavy atom. The van der Waals surface area contributed by atoms with Crippen LogP contribution in [-0.4, -0.2) is 30.4 Å². The summed E-state index contributed by atoms with van der Waals surface area (Å²) >= 11 is 6.19. The van der Waals surface area contributed by atoms with E-state index < -0.39 is 0 Å². The number of nitrogens with zero attached hydrogens (tertiary/aromatic N) is 2. The van der Waals surface area contributed by atoms with E-state index in [2.05, 4.69) is 59.2 Å². The minimum absolute atomic E-state index is 0.0641. The molecule has 5 rings (SSSR count). The van der Waals surface area contributed by atoms with Crippen molar-refractivity contribution >= 4 is 23.2 Å². The first-order chi connectivity index (χ1) is 16.0. The summed E-state index contributed by atoms with van der Waals surface area (Å²) in [4.78, 5) is 17.9. The molecular weight excluding hydrogens is 428 g/mol. The molecule has 3 aromatic rings. The third-order valence-electron chi connectivity index (χ3n) is 7.35. The van der Waals surface area contributed by atoms with Gasteiger partial charge in [-0.2, -0.15) is 0 Å². The molecular formula is C29H31ClN2O. The van der Waals surface area contributed by atoms with Gasteiger partial charge < -0.3 is 4.90 Å². The molecule has 0 aromatic heterocycles. The average Bonchev–Trinajstić information content (AvgIpc) is 3.13. The van der Waals surface area contributed by atoms with Crippen molar-refractivity contribution in [2.75, 3.05) is 24.5 Å². The summed E-state index contributed by atoms with van der Waals surface area (Å²) in [6.45, 7) is 5.96. The molecule has 1 spiro atoms. The van der Waals surface area contributed by atoms with Gasteiger partial charge in [0.25, 0.3) is 0 Å². The predicted molar refractivity (Wildman–Crippen MR) is 136 cm³/mol. The van der Waals surface area contributed by atoms with E-state index in [0.717, 1.165) is 56.2 Å². The van der Waals surface area contributed by atoms with E-state index in [1.54, 1.807) is 0 Å². The minimum Gasteiger partial charge on any atom is -0.311 e. The van der Waals surface area contributed by atoms with Gasteiger partial charge in [0.1, 0.15) is 0 Å². The zero-order chi connectivity index (χ0) is 22.8. The smallest absolute Gasteiger partial charge is 0.227 e. The van der Waals surface area contributed by atoms with Crippen molar-refractivity contribution in [3.63, 3.8) is 0 Å². The maximum atomic E-state index is 13.3. The van der Waals surface area contributed by atoms with E-state index >= 15 is 0 Å². The Balaban J connectivity index is 1.30. The van der Waals surface area contributed by atoms with E-state index in [-0.39, 0.29) is 11.3 Å². The summed E-state index contributed by atoms with van der Waals surface area (Å²) in [6.07, 6.45) is 3.49. The van der Waals surface area contributed by atoms with E-state index in [1.165, 1.54) is 22.3 Å². The SMILES string of the molecule is Cc1ccc2c(c1)C1(CCN(Cc3cccc(Cl)c3)CC1)CN2C(=O)CCc1ccccc1. The highest BCUT2D eigenvalue weighted by Gasteiger charge is 2.46. The van der Waals surface area contributed by atoms with Gasteiger partial charge in [0.2, 0.25) is 5.91 Å². The number of piperidine rings is 1. The largest absolute Gasteiger partial charge is 0.311 e. The molecule has 2 aliphatic heterocycles. The Morgan fingerprint density at radius 2 is 1.70 bits per heavy atom. The summed E-state index contributed by atoms with van der Waals surface area (Å²) in [5.41, 5.74) is 6.32. The van der Waals surface area contributed by atoms with Gasteiger partial charge in [0, 0.05) is 35.6 Å². The molecule has 3 aromatic carbocycles. The molecule has 1 saturated heterocycles. The van der Waals surface area contributed by atoms with Crippen LogP contribution in [-0.2, 0) is 23.2 Å². The molecule has 0 unspecified atom stereocenters. The Bertz CT molecular complexity index is 1140. The summed E-state index contributed by atoms with van der Waals surface area (Å²) in [5.74, 6) is 0.238. The maximum Gasteiger partial charge on any atom is 0.227 e. The summed E-state index contributed by atoms with van der Waals surface area (Å²) in [6, 6.07) is 25.1. The topological polar surface area (TPSA) is 23.6 Å². The summed E-state index contributed by atoms with van der Waals surface area (Å²) in [7, 11) is 0. The highest BCUT2D eigenvalue weighted by Crippen LogP contribution is 2.47. The second-order valence-corrected chi connectivity index (χ2v) is 10.1. The Morgan fingerprint density at radius 3 is 2.45 bits per heavy atom. The first-order valence-electron chi connectivity index (χ1n) is 11.9. The van der Waals surface area contributed by atoms with Crippen LogP contribution in [0.3, 0.4) is 0 Å². The number of aryl methyl sites for hydroxylation is 2. The normalized spacial score (nSPS) is 17.3. The maximum absolute atomic E-state index is 13.3. The zero-order valence-corrected chi connectivity index (χ0v) is 20.0. The van der Waals surface area contributed by atoms with Crippen molar-refractivity contribution in [1.82, 2.24) is 4.90 Å². The molecule has 0 bridgehead atoms. The first kappa shape index (κ1) is 22.2. The van der Waals surface area contributed by atoms with Crippen LogP contribution in [0.4, 0.5) is 5.69 Å². The molecule has 170 valence electrons. The van der Waals surface area contributed by atoms with E-state index in [0.29, 0.717) is 6.42 Å². The first-order valence-corrected chi connectivity index (χ1v) is 12.3. The second-order valence-electron chi connectivity index (χ2n) is 9.67. The number of rotatable bonds is 5. The van der Waals surface area contributed by atoms with Crippen LogP contribution in [0.2, 0.25) is 5.02 Å². The molecule has 3 nitrogen and oxygen atoms in total. The van der Waals surface area contributed by atoms with Crippen molar-refractivity contribution in [2.24, 2.45) is 0 Å². The minimum atomic E-state index is 0.0641. The van der Waals surface area contributed by atoms with E-state index in [4.69, 9.17) is 11.6 Å². The van der Waals surface area contributed by atoms with E-state index in [1.807, 2.05) is 30.3 Å². The van der Waals surface area contributed by atoms with Crippen molar-refractivity contribution in [2.45, 2.75) is 44.6 Å². The molecule has 1 amide bonds. The number of halogens is 1. The van der Waals surface area contributed by atoms with E-state index in [9.17, 15) is 4.79 Å². The van der Waals surface area contributed by atoms with Crippen molar-refractivity contribution in [3.05, 3.63) is 100 Å². The molecule has 0 saturated carbocycles. The van der Waals surface area contributed by atoms with Gasteiger partial charge in [-0.1, -0.05) is 71.8 Å². The molecule has 1 fully saturated rings. The molecule has 33 heavy (non-hydrogen) atoms. The van der Waals surface area contributed by atoms with Crippen molar-refractivity contribution in [3.8, 4) is 0 Å². The fraction of sp³-hybridized carbons (Fsp3) is 0.345. The average molecular weight is 459 g/mol. The molecule has 2 aliphatic rings. The fourth-order valence-corrected chi connectivity index (χ4v) is 5.71. The molecule has 0 N–H and O–H groups in total. The lowest BCUT2D eigenvalue weighted by molar-refractivity contribution is -0.118. The lowest BCUT2D eigenvalue weighted by Crippen LogP contribution is -2.45. The third kappa shape index (κ3) is 4.71.